The monoisotopic (exact) mass is 282 g/mol. The van der Waals surface area contributed by atoms with Gasteiger partial charge >= 0.3 is 0 Å². The van der Waals surface area contributed by atoms with E-state index in [1.54, 1.807) is 0 Å². The van der Waals surface area contributed by atoms with Crippen molar-refractivity contribution in [1.82, 2.24) is 16.0 Å². The number of rotatable bonds is 7. The third kappa shape index (κ3) is 7.36. The van der Waals surface area contributed by atoms with Crippen molar-refractivity contribution in [2.45, 2.75) is 64.8 Å². The van der Waals surface area contributed by atoms with Gasteiger partial charge in [0.2, 0.25) is 5.91 Å². The van der Waals surface area contributed by atoms with Crippen molar-refractivity contribution in [3.05, 3.63) is 0 Å². The van der Waals surface area contributed by atoms with Gasteiger partial charge in [-0.15, -0.1) is 0 Å². The number of hydrogen-bond acceptors (Lipinski definition) is 2. The Balaban J connectivity index is 2.30. The molecule has 0 aromatic rings. The Morgan fingerprint density at radius 2 is 1.90 bits per heavy atom. The zero-order valence-electron chi connectivity index (χ0n) is 13.0. The Hall–Kier alpha value is -1.26. The third-order valence-corrected chi connectivity index (χ3v) is 3.52. The van der Waals surface area contributed by atoms with Crippen LogP contribution in [0.25, 0.3) is 0 Å². The van der Waals surface area contributed by atoms with Crippen LogP contribution in [-0.2, 0) is 4.79 Å². The average molecular weight is 282 g/mol. The van der Waals surface area contributed by atoms with E-state index >= 15 is 0 Å². The second-order valence-corrected chi connectivity index (χ2v) is 5.38. The van der Waals surface area contributed by atoms with E-state index < -0.39 is 0 Å². The Bertz CT molecular complexity index is 298. The van der Waals surface area contributed by atoms with Gasteiger partial charge in [0.05, 0.1) is 0 Å². The fourth-order valence-electron chi connectivity index (χ4n) is 2.40. The quantitative estimate of drug-likeness (QED) is 0.379. The number of nitrogens with zero attached hydrogens (tertiary/aromatic N) is 1. The van der Waals surface area contributed by atoms with E-state index in [9.17, 15) is 4.79 Å². The maximum Gasteiger partial charge on any atom is 0.242 e. The Morgan fingerprint density at radius 3 is 2.55 bits per heavy atom. The zero-order valence-corrected chi connectivity index (χ0v) is 13.0. The van der Waals surface area contributed by atoms with Gasteiger partial charge in [0.25, 0.3) is 0 Å². The lowest BCUT2D eigenvalue weighted by Gasteiger charge is -2.22. The first-order chi connectivity index (χ1) is 9.76. The molecule has 0 aliphatic heterocycles. The van der Waals surface area contributed by atoms with E-state index in [0.717, 1.165) is 44.7 Å². The van der Waals surface area contributed by atoms with Crippen LogP contribution in [0.2, 0.25) is 0 Å². The molecule has 116 valence electrons. The van der Waals surface area contributed by atoms with Gasteiger partial charge < -0.3 is 16.0 Å². The topological polar surface area (TPSA) is 65.5 Å². The van der Waals surface area contributed by atoms with E-state index in [4.69, 9.17) is 0 Å². The fourth-order valence-corrected chi connectivity index (χ4v) is 2.40. The van der Waals surface area contributed by atoms with Gasteiger partial charge in [-0.05, 0) is 26.2 Å². The number of carbonyl (C=O) groups excluding carboxylic acids is 1. The lowest BCUT2D eigenvalue weighted by molar-refractivity contribution is -0.120. The molecule has 3 N–H and O–H groups in total. The van der Waals surface area contributed by atoms with Crippen molar-refractivity contribution in [3.63, 3.8) is 0 Å². The van der Waals surface area contributed by atoms with Gasteiger partial charge in [0.15, 0.2) is 5.96 Å². The molecule has 0 heterocycles. The lowest BCUT2D eigenvalue weighted by atomic mass is 9.95. The normalized spacial score (nSPS) is 16.8. The summed E-state index contributed by atoms with van der Waals surface area (Å²) in [6.45, 7) is 6.09. The molecule has 0 bridgehead atoms. The van der Waals surface area contributed by atoms with Crippen LogP contribution in [0.3, 0.4) is 0 Å². The summed E-state index contributed by atoms with van der Waals surface area (Å²) in [6.07, 6.45) is 8.25. The summed E-state index contributed by atoms with van der Waals surface area (Å²) in [5, 5.41) is 9.48. The minimum atomic E-state index is 0.0320. The van der Waals surface area contributed by atoms with E-state index in [1.807, 2.05) is 6.92 Å². The number of aliphatic imine (C=N–C) groups is 1. The molecule has 0 atom stereocenters. The van der Waals surface area contributed by atoms with E-state index in [-0.39, 0.29) is 12.5 Å². The highest BCUT2D eigenvalue weighted by Gasteiger charge is 2.15. The van der Waals surface area contributed by atoms with Crippen molar-refractivity contribution in [2.24, 2.45) is 4.99 Å². The molecule has 1 saturated carbocycles. The molecule has 1 rings (SSSR count). The predicted molar refractivity (Wildman–Crippen MR) is 83.9 cm³/mol. The fraction of sp³-hybridized carbons (Fsp3) is 0.867. The maximum atomic E-state index is 11.9. The minimum Gasteiger partial charge on any atom is -0.357 e. The second kappa shape index (κ2) is 10.5. The van der Waals surface area contributed by atoms with Crippen LogP contribution >= 0.6 is 0 Å². The molecule has 0 saturated heterocycles. The van der Waals surface area contributed by atoms with E-state index in [2.05, 4.69) is 27.9 Å². The molecule has 1 aliphatic carbocycles. The average Bonchev–Trinajstić information content (AvgIpc) is 2.46. The van der Waals surface area contributed by atoms with Crippen molar-refractivity contribution >= 4 is 11.9 Å². The van der Waals surface area contributed by atoms with E-state index in [0.29, 0.717) is 6.04 Å². The highest BCUT2D eigenvalue weighted by Crippen LogP contribution is 2.17. The molecule has 1 fully saturated rings. The van der Waals surface area contributed by atoms with Crippen LogP contribution in [0.1, 0.15) is 58.8 Å². The zero-order chi connectivity index (χ0) is 14.6. The predicted octanol–water partition coefficient (Wildman–Crippen LogP) is 1.79. The molecule has 0 unspecified atom stereocenters. The first-order valence-electron chi connectivity index (χ1n) is 8.07. The molecule has 20 heavy (non-hydrogen) atoms. The Morgan fingerprint density at radius 1 is 1.15 bits per heavy atom. The van der Waals surface area contributed by atoms with Crippen LogP contribution in [-0.4, -0.2) is 37.5 Å². The van der Waals surface area contributed by atoms with Crippen molar-refractivity contribution < 1.29 is 4.79 Å². The standard InChI is InChI=1S/C15H30N4O/c1-3-5-11-17-15(16-4-2)18-12-14(20)19-13-9-7-6-8-10-13/h13H,3-12H2,1-2H3,(H,19,20)(H2,16,17,18). The second-order valence-electron chi connectivity index (χ2n) is 5.38. The van der Waals surface area contributed by atoms with Gasteiger partial charge in [-0.25, -0.2) is 4.99 Å². The number of guanidine groups is 1. The van der Waals surface area contributed by atoms with Crippen LogP contribution in [0.5, 0.6) is 0 Å². The summed E-state index contributed by atoms with van der Waals surface area (Å²) in [5.74, 6) is 0.768. The number of hydrogen-bond donors (Lipinski definition) is 3. The molecule has 0 spiro atoms. The first-order valence-corrected chi connectivity index (χ1v) is 8.07. The summed E-state index contributed by atoms with van der Waals surface area (Å²) in [6, 6.07) is 0.363. The largest absolute Gasteiger partial charge is 0.357 e. The minimum absolute atomic E-state index is 0.0320. The van der Waals surface area contributed by atoms with Crippen LogP contribution < -0.4 is 16.0 Å². The van der Waals surface area contributed by atoms with Gasteiger partial charge in [0, 0.05) is 19.1 Å². The number of nitrogens with one attached hydrogen (secondary N) is 3. The van der Waals surface area contributed by atoms with Gasteiger partial charge in [-0.1, -0.05) is 32.6 Å². The molecule has 1 amide bonds. The highest BCUT2D eigenvalue weighted by molar-refractivity contribution is 5.84. The molecule has 1 aliphatic rings. The molecule has 0 aromatic heterocycles. The smallest absolute Gasteiger partial charge is 0.242 e. The molecule has 0 aromatic carbocycles. The number of amides is 1. The third-order valence-electron chi connectivity index (χ3n) is 3.52. The number of carbonyl (C=O) groups is 1. The Labute approximate surface area is 123 Å². The molecule has 0 radical (unpaired) electrons. The summed E-state index contributed by atoms with van der Waals surface area (Å²) in [4.78, 5) is 16.2. The van der Waals surface area contributed by atoms with Crippen molar-refractivity contribution in [3.8, 4) is 0 Å². The highest BCUT2D eigenvalue weighted by atomic mass is 16.1. The maximum absolute atomic E-state index is 11.9. The Kier molecular flexibility index (Phi) is 8.83. The lowest BCUT2D eigenvalue weighted by Crippen LogP contribution is -2.40. The summed E-state index contributed by atoms with van der Waals surface area (Å²) < 4.78 is 0. The van der Waals surface area contributed by atoms with Crippen LogP contribution in [0.4, 0.5) is 0 Å². The van der Waals surface area contributed by atoms with E-state index in [1.165, 1.54) is 19.3 Å². The summed E-state index contributed by atoms with van der Waals surface area (Å²) >= 11 is 0. The molecule has 5 heteroatoms. The van der Waals surface area contributed by atoms with Gasteiger partial charge in [0.1, 0.15) is 6.54 Å². The summed E-state index contributed by atoms with van der Waals surface area (Å²) in [7, 11) is 0. The van der Waals surface area contributed by atoms with Gasteiger partial charge in [-0.2, -0.15) is 0 Å². The van der Waals surface area contributed by atoms with Crippen LogP contribution in [0.15, 0.2) is 4.99 Å². The molecular weight excluding hydrogens is 252 g/mol. The van der Waals surface area contributed by atoms with Crippen molar-refractivity contribution in [1.29, 1.82) is 0 Å². The van der Waals surface area contributed by atoms with Crippen LogP contribution in [0, 0.1) is 0 Å². The summed E-state index contributed by atoms with van der Waals surface area (Å²) in [5.41, 5.74) is 0. The molecular formula is C15H30N4O. The number of unbranched alkanes of at least 4 members (excludes halogenated alkanes) is 1. The first kappa shape index (κ1) is 16.8. The SMILES string of the molecule is CCCCNC(=NCC(=O)NC1CCCCC1)NCC. The molecule has 5 nitrogen and oxygen atoms in total. The van der Waals surface area contributed by atoms with Crippen molar-refractivity contribution in [2.75, 3.05) is 19.6 Å². The van der Waals surface area contributed by atoms with Gasteiger partial charge in [-0.3, -0.25) is 4.79 Å².